The van der Waals surface area contributed by atoms with Crippen LogP contribution in [0.3, 0.4) is 0 Å². The quantitative estimate of drug-likeness (QED) is 0.826. The Morgan fingerprint density at radius 3 is 3.17 bits per heavy atom. The van der Waals surface area contributed by atoms with Crippen LogP contribution in [0.5, 0.6) is 0 Å². The summed E-state index contributed by atoms with van der Waals surface area (Å²) in [5.74, 6) is 0. The van der Waals surface area contributed by atoms with Gasteiger partial charge in [-0.3, -0.25) is 5.10 Å². The summed E-state index contributed by atoms with van der Waals surface area (Å²) in [6.07, 6.45) is 8.78. The Balaban J connectivity index is 1.48. The van der Waals surface area contributed by atoms with Gasteiger partial charge in [0.05, 0.1) is 17.2 Å². The van der Waals surface area contributed by atoms with Gasteiger partial charge >= 0.3 is 6.03 Å². The Hall–Kier alpha value is -1.89. The molecule has 7 heteroatoms. The van der Waals surface area contributed by atoms with E-state index in [4.69, 9.17) is 0 Å². The molecule has 3 rings (SSSR count). The van der Waals surface area contributed by atoms with E-state index in [9.17, 15) is 4.79 Å². The van der Waals surface area contributed by atoms with Crippen LogP contribution in [-0.2, 0) is 6.42 Å². The van der Waals surface area contributed by atoms with E-state index in [0.29, 0.717) is 6.54 Å². The fraction of sp³-hybridized carbons (Fsp3) is 0.562. The van der Waals surface area contributed by atoms with E-state index < -0.39 is 0 Å². The Morgan fingerprint density at radius 1 is 1.52 bits per heavy atom. The van der Waals surface area contributed by atoms with Gasteiger partial charge in [-0.1, -0.05) is 0 Å². The molecule has 1 aliphatic heterocycles. The van der Waals surface area contributed by atoms with E-state index in [1.54, 1.807) is 11.3 Å². The van der Waals surface area contributed by atoms with Gasteiger partial charge in [-0.15, -0.1) is 11.3 Å². The van der Waals surface area contributed by atoms with Gasteiger partial charge in [0.1, 0.15) is 0 Å². The molecule has 0 bridgehead atoms. The highest BCUT2D eigenvalue weighted by molar-refractivity contribution is 7.09. The summed E-state index contributed by atoms with van der Waals surface area (Å²) < 4.78 is 0. The highest BCUT2D eigenvalue weighted by atomic mass is 32.1. The fourth-order valence-electron chi connectivity index (χ4n) is 3.02. The minimum Gasteiger partial charge on any atom is -0.338 e. The van der Waals surface area contributed by atoms with Crippen molar-refractivity contribution in [3.8, 4) is 0 Å². The summed E-state index contributed by atoms with van der Waals surface area (Å²) in [5.41, 5.74) is 2.17. The van der Waals surface area contributed by atoms with Crippen LogP contribution in [0.4, 0.5) is 4.79 Å². The average Bonchev–Trinajstić information content (AvgIpc) is 3.23. The molecule has 6 nitrogen and oxygen atoms in total. The van der Waals surface area contributed by atoms with Crippen molar-refractivity contribution in [2.75, 3.05) is 13.1 Å². The average molecular weight is 333 g/mol. The summed E-state index contributed by atoms with van der Waals surface area (Å²) in [7, 11) is 0. The van der Waals surface area contributed by atoms with Crippen LogP contribution in [0.15, 0.2) is 17.8 Å². The molecular formula is C16H23N5OS. The molecule has 2 N–H and O–H groups in total. The predicted octanol–water partition coefficient (Wildman–Crippen LogP) is 3.04. The number of nitrogens with zero attached hydrogens (tertiary/aromatic N) is 3. The monoisotopic (exact) mass is 333 g/mol. The van der Waals surface area contributed by atoms with Gasteiger partial charge in [0.15, 0.2) is 0 Å². The highest BCUT2D eigenvalue weighted by Crippen LogP contribution is 2.30. The number of thiazole rings is 1. The topological polar surface area (TPSA) is 73.9 Å². The number of nitrogens with one attached hydrogen (secondary N) is 2. The van der Waals surface area contributed by atoms with Crippen LogP contribution in [-0.4, -0.2) is 39.2 Å². The van der Waals surface area contributed by atoms with Crippen molar-refractivity contribution in [3.05, 3.63) is 34.0 Å². The zero-order chi connectivity index (χ0) is 16.1. The fourth-order valence-corrected chi connectivity index (χ4v) is 3.84. The number of amides is 2. The zero-order valence-corrected chi connectivity index (χ0v) is 14.2. The minimum absolute atomic E-state index is 0.0335. The molecule has 0 unspecified atom stereocenters. The molecular weight excluding hydrogens is 310 g/mol. The molecule has 23 heavy (non-hydrogen) atoms. The molecule has 2 aromatic heterocycles. The van der Waals surface area contributed by atoms with Crippen molar-refractivity contribution >= 4 is 17.4 Å². The van der Waals surface area contributed by atoms with E-state index in [0.717, 1.165) is 54.9 Å². The molecule has 2 amide bonds. The SMILES string of the molecule is Cc1csc(CCCNC(=O)N2CCCC[C@@H]2c2cn[nH]c2)n1. The first-order chi connectivity index (χ1) is 11.2. The van der Waals surface area contributed by atoms with Crippen molar-refractivity contribution in [2.45, 2.75) is 45.1 Å². The van der Waals surface area contributed by atoms with E-state index >= 15 is 0 Å². The van der Waals surface area contributed by atoms with Crippen LogP contribution < -0.4 is 5.32 Å². The lowest BCUT2D eigenvalue weighted by Crippen LogP contribution is -2.44. The van der Waals surface area contributed by atoms with Crippen molar-refractivity contribution < 1.29 is 4.79 Å². The third-order valence-corrected chi connectivity index (χ3v) is 5.20. The van der Waals surface area contributed by atoms with Gasteiger partial charge in [0.2, 0.25) is 0 Å². The van der Waals surface area contributed by atoms with E-state index in [1.165, 1.54) is 0 Å². The van der Waals surface area contributed by atoms with Crippen LogP contribution in [0.25, 0.3) is 0 Å². The second kappa shape index (κ2) is 7.59. The number of aromatic amines is 1. The number of likely N-dealkylation sites (tertiary alicyclic amines) is 1. The number of carbonyl (C=O) groups excluding carboxylic acids is 1. The highest BCUT2D eigenvalue weighted by Gasteiger charge is 2.28. The van der Waals surface area contributed by atoms with Crippen molar-refractivity contribution in [2.24, 2.45) is 0 Å². The van der Waals surface area contributed by atoms with Crippen molar-refractivity contribution in [3.63, 3.8) is 0 Å². The molecule has 0 spiro atoms. The van der Waals surface area contributed by atoms with Gasteiger partial charge < -0.3 is 10.2 Å². The molecule has 2 aromatic rings. The van der Waals surface area contributed by atoms with Crippen molar-refractivity contribution in [1.82, 2.24) is 25.4 Å². The molecule has 0 aromatic carbocycles. The molecule has 1 fully saturated rings. The first kappa shape index (κ1) is 16.0. The normalized spacial score (nSPS) is 18.1. The van der Waals surface area contributed by atoms with Crippen LogP contribution in [0, 0.1) is 6.92 Å². The smallest absolute Gasteiger partial charge is 0.317 e. The number of hydrogen-bond acceptors (Lipinski definition) is 4. The summed E-state index contributed by atoms with van der Waals surface area (Å²) in [6, 6.07) is 0.176. The Bertz CT molecular complexity index is 624. The summed E-state index contributed by atoms with van der Waals surface area (Å²) in [5, 5.41) is 13.1. The van der Waals surface area contributed by atoms with Crippen LogP contribution in [0.2, 0.25) is 0 Å². The number of aryl methyl sites for hydroxylation is 2. The van der Waals surface area contributed by atoms with Crippen molar-refractivity contribution in [1.29, 1.82) is 0 Å². The number of carbonyl (C=O) groups is 1. The number of rotatable bonds is 5. The molecule has 0 saturated carbocycles. The van der Waals surface area contributed by atoms with Gasteiger partial charge in [-0.25, -0.2) is 9.78 Å². The zero-order valence-electron chi connectivity index (χ0n) is 13.4. The number of urea groups is 1. The lowest BCUT2D eigenvalue weighted by Gasteiger charge is -2.35. The third kappa shape index (κ3) is 4.10. The maximum atomic E-state index is 12.5. The number of piperidine rings is 1. The van der Waals surface area contributed by atoms with E-state index in [2.05, 4.69) is 25.9 Å². The lowest BCUT2D eigenvalue weighted by atomic mass is 9.98. The van der Waals surface area contributed by atoms with Gasteiger partial charge in [0, 0.05) is 42.3 Å². The van der Waals surface area contributed by atoms with Gasteiger partial charge in [0.25, 0.3) is 0 Å². The second-order valence-corrected chi connectivity index (χ2v) is 6.90. The lowest BCUT2D eigenvalue weighted by molar-refractivity contribution is 0.151. The van der Waals surface area contributed by atoms with E-state index in [-0.39, 0.29) is 12.1 Å². The number of hydrogen-bond donors (Lipinski definition) is 2. The summed E-state index contributed by atoms with van der Waals surface area (Å²) >= 11 is 1.69. The van der Waals surface area contributed by atoms with E-state index in [1.807, 2.05) is 24.2 Å². The predicted molar refractivity (Wildman–Crippen MR) is 90.5 cm³/mol. The van der Waals surface area contributed by atoms with Crippen LogP contribution in [0.1, 0.15) is 48.0 Å². The molecule has 0 radical (unpaired) electrons. The molecule has 1 atom stereocenters. The molecule has 1 aliphatic rings. The maximum Gasteiger partial charge on any atom is 0.317 e. The van der Waals surface area contributed by atoms with Crippen LogP contribution >= 0.6 is 11.3 Å². The Kier molecular flexibility index (Phi) is 5.27. The summed E-state index contributed by atoms with van der Waals surface area (Å²) in [4.78, 5) is 18.9. The summed E-state index contributed by atoms with van der Waals surface area (Å²) in [6.45, 7) is 3.51. The second-order valence-electron chi connectivity index (χ2n) is 5.95. The molecule has 0 aliphatic carbocycles. The standard InChI is InChI=1S/C16H23N5OS/c1-12-11-23-15(20-12)6-4-7-17-16(22)21-8-3-2-5-14(21)13-9-18-19-10-13/h9-11,14H,2-8H2,1H3,(H,17,22)(H,18,19)/t14-/m1/s1. The Labute approximate surface area is 140 Å². The van der Waals surface area contributed by atoms with Gasteiger partial charge in [-0.2, -0.15) is 5.10 Å². The third-order valence-electron chi connectivity index (χ3n) is 4.18. The minimum atomic E-state index is 0.0335. The Morgan fingerprint density at radius 2 is 2.43 bits per heavy atom. The number of aromatic nitrogens is 3. The van der Waals surface area contributed by atoms with Gasteiger partial charge in [-0.05, 0) is 32.6 Å². The molecule has 1 saturated heterocycles. The first-order valence-electron chi connectivity index (χ1n) is 8.18. The number of H-pyrrole nitrogens is 1. The first-order valence-corrected chi connectivity index (χ1v) is 9.06. The molecule has 3 heterocycles. The maximum absolute atomic E-state index is 12.5. The molecule has 124 valence electrons. The largest absolute Gasteiger partial charge is 0.338 e.